The molecule has 0 aliphatic heterocycles. The predicted octanol–water partition coefficient (Wildman–Crippen LogP) is 10.5. The lowest BCUT2D eigenvalue weighted by Gasteiger charge is -2.25. The average molecular weight is 663 g/mol. The van der Waals surface area contributed by atoms with Crippen LogP contribution in [0.15, 0.2) is 58.7 Å². The summed E-state index contributed by atoms with van der Waals surface area (Å²) in [5.41, 5.74) is 19.8. The van der Waals surface area contributed by atoms with E-state index in [1.54, 1.807) is 0 Å². The second-order valence-corrected chi connectivity index (χ2v) is 12.0. The maximum absolute atomic E-state index is 10.4. The van der Waals surface area contributed by atoms with Gasteiger partial charge in [0.2, 0.25) is 0 Å². The Hall–Kier alpha value is -3.71. The van der Waals surface area contributed by atoms with Gasteiger partial charge in [0, 0.05) is 24.5 Å². The molecular weight excluding hydrogens is 592 g/mol. The van der Waals surface area contributed by atoms with Gasteiger partial charge >= 0.3 is 0 Å². The molecule has 6 N–H and O–H groups in total. The molecule has 0 aliphatic rings. The Kier molecular flexibility index (Phi) is 25.4. The molecule has 270 valence electrons. The molecule has 0 amide bonds. The number of aryl methyl sites for hydroxylation is 4. The number of benzene rings is 2. The summed E-state index contributed by atoms with van der Waals surface area (Å²) < 4.78 is 0. The highest BCUT2D eigenvalue weighted by Crippen LogP contribution is 2.27. The molecule has 0 fully saturated rings. The Morgan fingerprint density at radius 2 is 1.56 bits per heavy atom. The first-order chi connectivity index (χ1) is 22.8. The molecule has 0 spiro atoms. The minimum Gasteiger partial charge on any atom is -0.396 e. The fraction of sp³-hybridized carbons (Fsp3) is 0.537. The van der Waals surface area contributed by atoms with Crippen LogP contribution >= 0.6 is 0 Å². The zero-order valence-electron chi connectivity index (χ0n) is 32.8. The fourth-order valence-electron chi connectivity index (χ4n) is 4.87. The Bertz CT molecular complexity index is 1330. The topological polar surface area (TPSA) is 122 Å². The summed E-state index contributed by atoms with van der Waals surface area (Å²) in [5, 5.41) is 20.9. The molecule has 1 atom stereocenters. The largest absolute Gasteiger partial charge is 0.396 e. The van der Waals surface area contributed by atoms with Crippen LogP contribution in [-0.2, 0) is 12.8 Å². The van der Waals surface area contributed by atoms with Crippen LogP contribution in [0, 0.1) is 19.8 Å². The second-order valence-electron chi connectivity index (χ2n) is 12.0. The van der Waals surface area contributed by atoms with Crippen molar-refractivity contribution in [1.29, 1.82) is 0 Å². The molecular formula is C41H70N6O. The number of anilines is 2. The monoisotopic (exact) mass is 663 g/mol. The van der Waals surface area contributed by atoms with Crippen molar-refractivity contribution < 1.29 is 5.11 Å². The van der Waals surface area contributed by atoms with Crippen LogP contribution in [0.5, 0.6) is 0 Å². The van der Waals surface area contributed by atoms with Crippen molar-refractivity contribution in [2.75, 3.05) is 17.6 Å². The van der Waals surface area contributed by atoms with E-state index in [0.717, 1.165) is 59.6 Å². The summed E-state index contributed by atoms with van der Waals surface area (Å²) in [6, 6.07) is 16.4. The van der Waals surface area contributed by atoms with E-state index in [9.17, 15) is 5.11 Å². The van der Waals surface area contributed by atoms with Gasteiger partial charge in [-0.25, -0.2) is 4.98 Å². The molecule has 1 unspecified atom stereocenters. The molecule has 3 aromatic rings. The number of unbranched alkanes of at least 4 members (excludes halogenated alkanes) is 1. The lowest BCUT2D eigenvalue weighted by atomic mass is 9.89. The number of nitrogens with one attached hydrogen (secondary N) is 1. The Labute approximate surface area is 294 Å². The van der Waals surface area contributed by atoms with Crippen LogP contribution in [0.4, 0.5) is 11.5 Å². The Balaban J connectivity index is 0. The third-order valence-electron chi connectivity index (χ3n) is 7.35. The van der Waals surface area contributed by atoms with Gasteiger partial charge < -0.3 is 21.9 Å². The van der Waals surface area contributed by atoms with Crippen molar-refractivity contribution in [2.24, 2.45) is 21.9 Å². The van der Waals surface area contributed by atoms with E-state index in [4.69, 9.17) is 11.5 Å². The summed E-state index contributed by atoms with van der Waals surface area (Å²) in [4.78, 5) is 4.56. The molecule has 0 saturated heterocycles. The van der Waals surface area contributed by atoms with Crippen LogP contribution in [-0.4, -0.2) is 34.8 Å². The van der Waals surface area contributed by atoms with Crippen molar-refractivity contribution >= 4 is 24.1 Å². The quantitative estimate of drug-likeness (QED) is 0.0873. The smallest absolute Gasteiger partial charge is 0.153 e. The molecule has 48 heavy (non-hydrogen) atoms. The van der Waals surface area contributed by atoms with Crippen molar-refractivity contribution in [3.05, 3.63) is 76.5 Å². The van der Waals surface area contributed by atoms with E-state index in [1.165, 1.54) is 24.0 Å². The van der Waals surface area contributed by atoms with Crippen LogP contribution in [0.2, 0.25) is 0 Å². The van der Waals surface area contributed by atoms with E-state index >= 15 is 0 Å². The first kappa shape index (κ1) is 46.4. The maximum Gasteiger partial charge on any atom is 0.153 e. The summed E-state index contributed by atoms with van der Waals surface area (Å²) in [7, 11) is 0. The SMILES string of the molecule is C=N/N=C(\N)c1ccccc1-c1ccc(C)c(CC)c1.CC.CC.CCCC.CCNc1nc(CCC(C)(O)CC(C)C)cc(C)c1N. The number of rotatable bonds is 12. The molecule has 0 bridgehead atoms. The second kappa shape index (κ2) is 26.3. The minimum atomic E-state index is -0.635. The number of nitrogen functional groups attached to an aromatic ring is 1. The van der Waals surface area contributed by atoms with Gasteiger partial charge in [-0.05, 0) is 93.2 Å². The zero-order chi connectivity index (χ0) is 37.3. The van der Waals surface area contributed by atoms with Crippen LogP contribution < -0.4 is 16.8 Å². The van der Waals surface area contributed by atoms with Crippen molar-refractivity contribution in [2.45, 2.75) is 134 Å². The van der Waals surface area contributed by atoms with E-state index in [-0.39, 0.29) is 0 Å². The molecule has 7 heteroatoms. The van der Waals surface area contributed by atoms with E-state index in [0.29, 0.717) is 23.9 Å². The Morgan fingerprint density at radius 1 is 0.958 bits per heavy atom. The molecule has 1 heterocycles. The molecule has 1 aromatic heterocycles. The molecule has 3 rings (SSSR count). The number of hydrogen-bond acceptors (Lipinski definition) is 6. The first-order valence-electron chi connectivity index (χ1n) is 18.0. The number of aliphatic hydroxyl groups is 1. The lowest BCUT2D eigenvalue weighted by Crippen LogP contribution is -2.27. The maximum atomic E-state index is 10.4. The number of amidine groups is 1. The summed E-state index contributed by atoms with van der Waals surface area (Å²) in [5.74, 6) is 1.63. The number of nitrogens with two attached hydrogens (primary N) is 2. The van der Waals surface area contributed by atoms with Crippen LogP contribution in [0.3, 0.4) is 0 Å². The van der Waals surface area contributed by atoms with E-state index in [1.807, 2.05) is 78.8 Å². The van der Waals surface area contributed by atoms with Gasteiger partial charge in [0.05, 0.1) is 11.3 Å². The highest BCUT2D eigenvalue weighted by Gasteiger charge is 2.22. The standard InChI is InChI=1S/C17H19N3.C16H29N3O.C4H10.2C2H6/c1-4-13-11-14(10-9-12(13)2)15-7-5-6-8-16(15)17(18)20-19-3;1-6-18-15-14(17)12(4)9-13(19-15)7-8-16(5,20)10-11(2)3;1-3-4-2;2*1-2/h5-11H,3-4H2,1-2H3,(H2,18,20);9,11,20H,6-8,10,17H2,1-5H3,(H,18,19);3-4H2,1-2H3;2*1-2H3. The normalized spacial score (nSPS) is 11.6. The van der Waals surface area contributed by atoms with Gasteiger partial charge in [0.15, 0.2) is 5.84 Å². The molecule has 0 aliphatic carbocycles. The Morgan fingerprint density at radius 3 is 2.08 bits per heavy atom. The van der Waals surface area contributed by atoms with Crippen molar-refractivity contribution in [3.8, 4) is 11.1 Å². The number of aromatic nitrogens is 1. The zero-order valence-corrected chi connectivity index (χ0v) is 32.8. The first-order valence-corrected chi connectivity index (χ1v) is 18.0. The summed E-state index contributed by atoms with van der Waals surface area (Å²) >= 11 is 0. The van der Waals surface area contributed by atoms with Crippen molar-refractivity contribution in [1.82, 2.24) is 4.98 Å². The van der Waals surface area contributed by atoms with Gasteiger partial charge in [-0.15, -0.1) is 5.10 Å². The van der Waals surface area contributed by atoms with Crippen LogP contribution in [0.25, 0.3) is 11.1 Å². The minimum absolute atomic E-state index is 0.384. The highest BCUT2D eigenvalue weighted by atomic mass is 16.3. The summed E-state index contributed by atoms with van der Waals surface area (Å²) in [6.07, 6.45) is 5.94. The van der Waals surface area contributed by atoms with Gasteiger partial charge in [-0.3, -0.25) is 0 Å². The number of nitrogens with zero attached hydrogens (tertiary/aromatic N) is 3. The molecule has 0 saturated carbocycles. The third kappa shape index (κ3) is 17.4. The molecule has 0 radical (unpaired) electrons. The predicted molar refractivity (Wildman–Crippen MR) is 215 cm³/mol. The van der Waals surface area contributed by atoms with E-state index in [2.05, 4.69) is 87.0 Å². The highest BCUT2D eigenvalue weighted by molar-refractivity contribution is 6.03. The lowest BCUT2D eigenvalue weighted by molar-refractivity contribution is 0.0300. The van der Waals surface area contributed by atoms with Crippen LogP contribution in [0.1, 0.15) is 130 Å². The fourth-order valence-corrected chi connectivity index (χ4v) is 4.87. The third-order valence-corrected chi connectivity index (χ3v) is 7.35. The number of pyridine rings is 1. The average Bonchev–Trinajstić information content (AvgIpc) is 3.08. The number of hydrogen-bond donors (Lipinski definition) is 4. The van der Waals surface area contributed by atoms with E-state index < -0.39 is 5.60 Å². The molecule has 2 aromatic carbocycles. The van der Waals surface area contributed by atoms with Gasteiger partial charge in [0.1, 0.15) is 5.82 Å². The van der Waals surface area contributed by atoms with Gasteiger partial charge in [-0.1, -0.05) is 118 Å². The van der Waals surface area contributed by atoms with Gasteiger partial charge in [-0.2, -0.15) is 5.10 Å². The van der Waals surface area contributed by atoms with Crippen molar-refractivity contribution in [3.63, 3.8) is 0 Å². The van der Waals surface area contributed by atoms with Gasteiger partial charge in [0.25, 0.3) is 0 Å². The summed E-state index contributed by atoms with van der Waals surface area (Å²) in [6.45, 7) is 31.0. The molecule has 7 nitrogen and oxygen atoms in total.